The Balaban J connectivity index is 1.81. The maximum Gasteiger partial charge on any atom is 0.261 e. The highest BCUT2D eigenvalue weighted by Gasteiger charge is 2.26. The summed E-state index contributed by atoms with van der Waals surface area (Å²) in [5.41, 5.74) is 1.08. The van der Waals surface area contributed by atoms with Crippen LogP contribution in [-0.2, 0) is 16.1 Å². The zero-order valence-electron chi connectivity index (χ0n) is 13.9. The van der Waals surface area contributed by atoms with Gasteiger partial charge >= 0.3 is 0 Å². The third kappa shape index (κ3) is 3.54. The highest BCUT2D eigenvalue weighted by atomic mass is 16.5. The molecule has 1 amide bonds. The van der Waals surface area contributed by atoms with Crippen molar-refractivity contribution in [3.05, 3.63) is 53.2 Å². The molecule has 0 unspecified atom stereocenters. The Morgan fingerprint density at radius 1 is 1.21 bits per heavy atom. The van der Waals surface area contributed by atoms with Crippen LogP contribution in [0.2, 0.25) is 0 Å². The maximum absolute atomic E-state index is 12.6. The van der Waals surface area contributed by atoms with Gasteiger partial charge in [0.25, 0.3) is 5.56 Å². The molecule has 0 spiro atoms. The van der Waals surface area contributed by atoms with Crippen LogP contribution in [-0.4, -0.2) is 45.7 Å². The number of morpholine rings is 1. The predicted octanol–water partition coefficient (Wildman–Crippen LogP) is 1.55. The van der Waals surface area contributed by atoms with E-state index >= 15 is 0 Å². The van der Waals surface area contributed by atoms with E-state index in [0.29, 0.717) is 18.7 Å². The molecule has 1 saturated heterocycles. The van der Waals surface area contributed by atoms with Crippen LogP contribution >= 0.6 is 0 Å². The van der Waals surface area contributed by atoms with Crippen molar-refractivity contribution in [2.24, 2.45) is 0 Å². The van der Waals surface area contributed by atoms with E-state index in [1.165, 1.54) is 17.1 Å². The Hall–Kier alpha value is -2.47. The highest BCUT2D eigenvalue weighted by molar-refractivity contribution is 5.76. The molecule has 2 atom stereocenters. The second-order valence-corrected chi connectivity index (χ2v) is 6.16. The first-order valence-corrected chi connectivity index (χ1v) is 8.07. The lowest BCUT2D eigenvalue weighted by Crippen LogP contribution is -2.49. The highest BCUT2D eigenvalue weighted by Crippen LogP contribution is 2.14. The summed E-state index contributed by atoms with van der Waals surface area (Å²) in [4.78, 5) is 31.1. The minimum atomic E-state index is -0.209. The van der Waals surface area contributed by atoms with Crippen LogP contribution in [0.5, 0.6) is 0 Å². The molecular formula is C18H21N3O3. The van der Waals surface area contributed by atoms with Gasteiger partial charge in [0.05, 0.1) is 24.1 Å². The van der Waals surface area contributed by atoms with Crippen LogP contribution in [0.1, 0.15) is 13.8 Å². The number of aromatic nitrogens is 2. The summed E-state index contributed by atoms with van der Waals surface area (Å²) in [6.07, 6.45) is 2.96. The first kappa shape index (κ1) is 16.4. The minimum Gasteiger partial charge on any atom is -0.372 e. The van der Waals surface area contributed by atoms with Gasteiger partial charge in [0.2, 0.25) is 5.91 Å². The quantitative estimate of drug-likeness (QED) is 0.858. The van der Waals surface area contributed by atoms with Crippen molar-refractivity contribution in [2.45, 2.75) is 32.6 Å². The van der Waals surface area contributed by atoms with Gasteiger partial charge in [-0.15, -0.1) is 0 Å². The van der Waals surface area contributed by atoms with E-state index in [-0.39, 0.29) is 30.2 Å². The molecule has 0 aliphatic carbocycles. The Morgan fingerprint density at radius 2 is 1.88 bits per heavy atom. The molecule has 24 heavy (non-hydrogen) atoms. The Kier molecular flexibility index (Phi) is 4.76. The molecule has 6 heteroatoms. The largest absolute Gasteiger partial charge is 0.372 e. The molecule has 1 aliphatic heterocycles. The first-order valence-electron chi connectivity index (χ1n) is 8.07. The van der Waals surface area contributed by atoms with Crippen molar-refractivity contribution in [3.8, 4) is 11.1 Å². The summed E-state index contributed by atoms with van der Waals surface area (Å²) >= 11 is 0. The van der Waals surface area contributed by atoms with Gasteiger partial charge < -0.3 is 9.64 Å². The number of carbonyl (C=O) groups is 1. The zero-order chi connectivity index (χ0) is 17.1. The lowest BCUT2D eigenvalue weighted by atomic mass is 10.1. The molecule has 0 radical (unpaired) electrons. The van der Waals surface area contributed by atoms with Crippen LogP contribution in [0.4, 0.5) is 0 Å². The van der Waals surface area contributed by atoms with Crippen molar-refractivity contribution in [1.29, 1.82) is 0 Å². The topological polar surface area (TPSA) is 64.4 Å². The number of amides is 1. The molecular weight excluding hydrogens is 306 g/mol. The van der Waals surface area contributed by atoms with E-state index in [2.05, 4.69) is 4.98 Å². The molecule has 3 rings (SSSR count). The molecule has 0 bridgehead atoms. The van der Waals surface area contributed by atoms with E-state index in [1.807, 2.05) is 44.2 Å². The van der Waals surface area contributed by atoms with Crippen LogP contribution in [0, 0.1) is 0 Å². The van der Waals surface area contributed by atoms with Crippen LogP contribution in [0.3, 0.4) is 0 Å². The fourth-order valence-electron chi connectivity index (χ4n) is 3.01. The summed E-state index contributed by atoms with van der Waals surface area (Å²) in [5.74, 6) is -0.0916. The van der Waals surface area contributed by atoms with Crippen LogP contribution in [0.15, 0.2) is 47.7 Å². The van der Waals surface area contributed by atoms with Crippen molar-refractivity contribution in [1.82, 2.24) is 14.5 Å². The third-order valence-corrected chi connectivity index (χ3v) is 4.06. The van der Waals surface area contributed by atoms with E-state index in [1.54, 1.807) is 4.90 Å². The van der Waals surface area contributed by atoms with E-state index < -0.39 is 0 Å². The van der Waals surface area contributed by atoms with E-state index in [9.17, 15) is 9.59 Å². The monoisotopic (exact) mass is 327 g/mol. The smallest absolute Gasteiger partial charge is 0.261 e. The summed E-state index contributed by atoms with van der Waals surface area (Å²) in [7, 11) is 0. The van der Waals surface area contributed by atoms with Crippen LogP contribution in [0.25, 0.3) is 11.1 Å². The summed E-state index contributed by atoms with van der Waals surface area (Å²) in [6, 6.07) is 9.34. The standard InChI is InChI=1S/C18H21N3O3/c1-13-9-20(10-14(2)24-13)17(22)11-21-12-19-8-16(18(21)23)15-6-4-3-5-7-15/h3-8,12-14H,9-11H2,1-2H3/t13-,14-/m0/s1. The second-order valence-electron chi connectivity index (χ2n) is 6.16. The van der Waals surface area contributed by atoms with Crippen molar-refractivity contribution >= 4 is 5.91 Å². The van der Waals surface area contributed by atoms with Gasteiger partial charge in [-0.3, -0.25) is 14.2 Å². The number of hydrogen-bond donors (Lipinski definition) is 0. The number of benzene rings is 1. The van der Waals surface area contributed by atoms with Gasteiger partial charge in [-0.1, -0.05) is 30.3 Å². The van der Waals surface area contributed by atoms with Gasteiger partial charge in [0.15, 0.2) is 0 Å². The average Bonchev–Trinajstić information content (AvgIpc) is 2.56. The minimum absolute atomic E-state index is 0.00296. The average molecular weight is 327 g/mol. The Labute approximate surface area is 140 Å². The number of ether oxygens (including phenoxy) is 1. The zero-order valence-corrected chi connectivity index (χ0v) is 13.9. The summed E-state index contributed by atoms with van der Waals surface area (Å²) in [5, 5.41) is 0. The molecule has 1 aromatic carbocycles. The van der Waals surface area contributed by atoms with Gasteiger partial charge in [-0.05, 0) is 19.4 Å². The summed E-state index contributed by atoms with van der Waals surface area (Å²) in [6.45, 7) is 4.97. The van der Waals surface area contributed by atoms with Crippen molar-refractivity contribution < 1.29 is 9.53 Å². The molecule has 6 nitrogen and oxygen atoms in total. The number of nitrogens with zero attached hydrogens (tertiary/aromatic N) is 3. The number of rotatable bonds is 3. The number of carbonyl (C=O) groups excluding carboxylic acids is 1. The lowest BCUT2D eigenvalue weighted by molar-refractivity contribution is -0.143. The maximum atomic E-state index is 12.6. The van der Waals surface area contributed by atoms with Gasteiger partial charge in [-0.2, -0.15) is 0 Å². The Bertz CT molecular complexity index is 763. The van der Waals surface area contributed by atoms with Gasteiger partial charge in [0, 0.05) is 19.3 Å². The number of hydrogen-bond acceptors (Lipinski definition) is 4. The molecule has 1 aliphatic rings. The molecule has 2 aromatic rings. The molecule has 0 saturated carbocycles. The molecule has 2 heterocycles. The lowest BCUT2D eigenvalue weighted by Gasteiger charge is -2.35. The predicted molar refractivity (Wildman–Crippen MR) is 90.5 cm³/mol. The molecule has 1 fully saturated rings. The van der Waals surface area contributed by atoms with E-state index in [4.69, 9.17) is 4.74 Å². The van der Waals surface area contributed by atoms with Gasteiger partial charge in [-0.25, -0.2) is 4.98 Å². The van der Waals surface area contributed by atoms with Crippen molar-refractivity contribution in [3.63, 3.8) is 0 Å². The van der Waals surface area contributed by atoms with Gasteiger partial charge in [0.1, 0.15) is 6.54 Å². The SMILES string of the molecule is C[C@H]1CN(C(=O)Cn2cncc(-c3ccccc3)c2=O)C[C@H](C)O1. The first-order chi connectivity index (χ1) is 11.5. The molecule has 1 aromatic heterocycles. The van der Waals surface area contributed by atoms with E-state index in [0.717, 1.165) is 5.56 Å². The third-order valence-electron chi connectivity index (χ3n) is 4.06. The molecule has 0 N–H and O–H groups in total. The second kappa shape index (κ2) is 6.97. The normalized spacial score (nSPS) is 20.8. The Morgan fingerprint density at radius 3 is 2.54 bits per heavy atom. The van der Waals surface area contributed by atoms with Crippen LogP contribution < -0.4 is 5.56 Å². The van der Waals surface area contributed by atoms with Crippen molar-refractivity contribution in [2.75, 3.05) is 13.1 Å². The fourth-order valence-corrected chi connectivity index (χ4v) is 3.01. The summed E-state index contributed by atoms with van der Waals surface area (Å²) < 4.78 is 7.01. The fraction of sp³-hybridized carbons (Fsp3) is 0.389. The molecule has 126 valence electrons.